The van der Waals surface area contributed by atoms with Crippen molar-refractivity contribution < 1.29 is 19.4 Å². The molecule has 2 N–H and O–H groups in total. The van der Waals surface area contributed by atoms with Gasteiger partial charge < -0.3 is 15.2 Å². The van der Waals surface area contributed by atoms with Gasteiger partial charge in [-0.15, -0.1) is 11.3 Å². The van der Waals surface area contributed by atoms with Gasteiger partial charge in [-0.05, 0) is 49.9 Å². The largest absolute Gasteiger partial charge is 0.497 e. The minimum Gasteiger partial charge on any atom is -0.497 e. The summed E-state index contributed by atoms with van der Waals surface area (Å²) in [6, 6.07) is 5.24. The molecule has 1 aromatic carbocycles. The molecule has 118 valence electrons. The number of ether oxygens (including phenoxy) is 1. The Morgan fingerprint density at radius 1 is 1.32 bits per heavy atom. The Balaban J connectivity index is 2.28. The van der Waals surface area contributed by atoms with Crippen LogP contribution in [0.5, 0.6) is 5.75 Å². The summed E-state index contributed by atoms with van der Waals surface area (Å²) in [6.45, 7) is 5.16. The third-order valence-corrected chi connectivity index (χ3v) is 5.12. The third kappa shape index (κ3) is 3.06. The molecule has 2 unspecified atom stereocenters. The number of carboxylic acids is 1. The van der Waals surface area contributed by atoms with Crippen molar-refractivity contribution in [3.63, 3.8) is 0 Å². The Morgan fingerprint density at radius 2 is 2.00 bits per heavy atom. The highest BCUT2D eigenvalue weighted by Gasteiger charge is 2.23. The van der Waals surface area contributed by atoms with Gasteiger partial charge in [0.05, 0.1) is 17.9 Å². The van der Waals surface area contributed by atoms with Gasteiger partial charge >= 0.3 is 5.97 Å². The number of nitrogens with one attached hydrogen (secondary N) is 1. The van der Waals surface area contributed by atoms with E-state index in [1.807, 2.05) is 25.1 Å². The summed E-state index contributed by atoms with van der Waals surface area (Å²) in [5, 5.41) is 12.7. The van der Waals surface area contributed by atoms with Gasteiger partial charge in [0, 0.05) is 10.7 Å². The van der Waals surface area contributed by atoms with Crippen molar-refractivity contribution in [3.05, 3.63) is 28.6 Å². The first-order valence-electron chi connectivity index (χ1n) is 6.96. The lowest BCUT2D eigenvalue weighted by atomic mass is 10.0. The monoisotopic (exact) mass is 321 g/mol. The highest BCUT2D eigenvalue weighted by molar-refractivity contribution is 7.21. The minimum atomic E-state index is -0.925. The number of carbonyl (C=O) groups is 2. The predicted molar refractivity (Wildman–Crippen MR) is 86.8 cm³/mol. The summed E-state index contributed by atoms with van der Waals surface area (Å²) in [7, 11) is 1.60. The molecule has 5 nitrogen and oxygen atoms in total. The van der Waals surface area contributed by atoms with E-state index in [0.29, 0.717) is 4.88 Å². The molecule has 2 aromatic rings. The topological polar surface area (TPSA) is 75.6 Å². The zero-order valence-corrected chi connectivity index (χ0v) is 13.8. The van der Waals surface area contributed by atoms with E-state index in [9.17, 15) is 9.59 Å². The molecule has 0 saturated carbocycles. The van der Waals surface area contributed by atoms with Gasteiger partial charge in [0.15, 0.2) is 0 Å². The predicted octanol–water partition coefficient (Wildman–Crippen LogP) is 3.06. The van der Waals surface area contributed by atoms with Crippen LogP contribution in [0, 0.1) is 12.8 Å². The van der Waals surface area contributed by atoms with Crippen LogP contribution in [-0.4, -0.2) is 30.1 Å². The van der Waals surface area contributed by atoms with Gasteiger partial charge in [-0.3, -0.25) is 9.59 Å². The number of fused-ring (bicyclic) bond motifs is 1. The average Bonchev–Trinajstić information content (AvgIpc) is 2.82. The lowest BCUT2D eigenvalue weighted by molar-refractivity contribution is -0.141. The fourth-order valence-electron chi connectivity index (χ4n) is 2.15. The molecule has 6 heteroatoms. The second kappa shape index (κ2) is 6.36. The van der Waals surface area contributed by atoms with E-state index >= 15 is 0 Å². The van der Waals surface area contributed by atoms with E-state index in [4.69, 9.17) is 9.84 Å². The van der Waals surface area contributed by atoms with Gasteiger partial charge in [-0.25, -0.2) is 0 Å². The summed E-state index contributed by atoms with van der Waals surface area (Å²) < 4.78 is 6.21. The number of hydrogen-bond donors (Lipinski definition) is 2. The Hall–Kier alpha value is -2.08. The standard InChI is InChI=1S/C16H19NO4S/c1-8(16(19)20)10(3)17-15(18)14-9(2)12-7-11(21-4)5-6-13(12)22-14/h5-8,10H,1-4H3,(H,17,18)(H,19,20). The zero-order chi connectivity index (χ0) is 16.4. The fourth-order valence-corrected chi connectivity index (χ4v) is 3.25. The number of carboxylic acid groups (broad SMARTS) is 1. The molecule has 0 spiro atoms. The first kappa shape index (κ1) is 16.3. The molecule has 22 heavy (non-hydrogen) atoms. The van der Waals surface area contributed by atoms with Crippen LogP contribution in [0.2, 0.25) is 0 Å². The molecule has 1 heterocycles. The molecule has 1 aromatic heterocycles. The number of rotatable bonds is 5. The Kier molecular flexibility index (Phi) is 4.71. The lowest BCUT2D eigenvalue weighted by Crippen LogP contribution is -2.39. The van der Waals surface area contributed by atoms with Crippen molar-refractivity contribution in [1.29, 1.82) is 0 Å². The summed E-state index contributed by atoms with van der Waals surface area (Å²) in [4.78, 5) is 24.0. The number of carbonyl (C=O) groups excluding carboxylic acids is 1. The molecule has 0 aliphatic heterocycles. The quantitative estimate of drug-likeness (QED) is 0.887. The summed E-state index contributed by atoms with van der Waals surface area (Å²) in [6.07, 6.45) is 0. The molecule has 1 amide bonds. The molecule has 0 bridgehead atoms. The smallest absolute Gasteiger partial charge is 0.308 e. The zero-order valence-electron chi connectivity index (χ0n) is 13.0. The van der Waals surface area contributed by atoms with E-state index in [1.165, 1.54) is 11.3 Å². The highest BCUT2D eigenvalue weighted by Crippen LogP contribution is 2.33. The van der Waals surface area contributed by atoms with Crippen LogP contribution >= 0.6 is 11.3 Å². The van der Waals surface area contributed by atoms with Crippen LogP contribution in [0.1, 0.15) is 29.1 Å². The van der Waals surface area contributed by atoms with Gasteiger partial charge in [-0.2, -0.15) is 0 Å². The summed E-state index contributed by atoms with van der Waals surface area (Å²) in [5.41, 5.74) is 0.881. The Labute approximate surface area is 132 Å². The Bertz CT molecular complexity index is 722. The van der Waals surface area contributed by atoms with E-state index in [2.05, 4.69) is 5.32 Å². The number of aryl methyl sites for hydroxylation is 1. The van der Waals surface area contributed by atoms with Crippen LogP contribution in [0.25, 0.3) is 10.1 Å². The molecular weight excluding hydrogens is 302 g/mol. The molecule has 0 saturated heterocycles. The van der Waals surface area contributed by atoms with Crippen LogP contribution < -0.4 is 10.1 Å². The van der Waals surface area contributed by atoms with E-state index in [0.717, 1.165) is 21.4 Å². The average molecular weight is 321 g/mol. The van der Waals surface area contributed by atoms with Crippen LogP contribution in [0.4, 0.5) is 0 Å². The van der Waals surface area contributed by atoms with Crippen LogP contribution in [-0.2, 0) is 4.79 Å². The van der Waals surface area contributed by atoms with E-state index in [-0.39, 0.29) is 5.91 Å². The van der Waals surface area contributed by atoms with Crippen molar-refractivity contribution in [1.82, 2.24) is 5.32 Å². The summed E-state index contributed by atoms with van der Waals surface area (Å²) >= 11 is 1.40. The fraction of sp³-hybridized carbons (Fsp3) is 0.375. The number of thiophene rings is 1. The van der Waals surface area contributed by atoms with E-state index in [1.54, 1.807) is 21.0 Å². The second-order valence-corrected chi connectivity index (χ2v) is 6.36. The van der Waals surface area contributed by atoms with Crippen molar-refractivity contribution in [2.45, 2.75) is 26.8 Å². The molecule has 0 aliphatic rings. The van der Waals surface area contributed by atoms with Crippen molar-refractivity contribution in [3.8, 4) is 5.75 Å². The number of hydrogen-bond acceptors (Lipinski definition) is 4. The third-order valence-electron chi connectivity index (χ3n) is 3.85. The lowest BCUT2D eigenvalue weighted by Gasteiger charge is -2.17. The van der Waals surface area contributed by atoms with Crippen molar-refractivity contribution in [2.24, 2.45) is 5.92 Å². The second-order valence-electron chi connectivity index (χ2n) is 5.31. The summed E-state index contributed by atoms with van der Waals surface area (Å²) in [5.74, 6) is -1.06. The highest BCUT2D eigenvalue weighted by atomic mass is 32.1. The molecule has 2 atom stereocenters. The van der Waals surface area contributed by atoms with Gasteiger partial charge in [0.2, 0.25) is 0 Å². The molecule has 0 radical (unpaired) electrons. The molecule has 2 rings (SSSR count). The van der Waals surface area contributed by atoms with Crippen LogP contribution in [0.15, 0.2) is 18.2 Å². The normalized spacial score (nSPS) is 13.6. The van der Waals surface area contributed by atoms with Crippen molar-refractivity contribution in [2.75, 3.05) is 7.11 Å². The van der Waals surface area contributed by atoms with Gasteiger partial charge in [0.1, 0.15) is 5.75 Å². The molecule has 0 aliphatic carbocycles. The number of methoxy groups -OCH3 is 1. The molecule has 0 fully saturated rings. The maximum atomic E-state index is 12.4. The van der Waals surface area contributed by atoms with Gasteiger partial charge in [-0.1, -0.05) is 0 Å². The first-order chi connectivity index (χ1) is 10.3. The number of amides is 1. The maximum Gasteiger partial charge on any atom is 0.308 e. The number of aliphatic carboxylic acids is 1. The van der Waals surface area contributed by atoms with Crippen molar-refractivity contribution >= 4 is 33.3 Å². The first-order valence-corrected chi connectivity index (χ1v) is 7.77. The molecular formula is C16H19NO4S. The van der Waals surface area contributed by atoms with Gasteiger partial charge in [0.25, 0.3) is 5.91 Å². The number of benzene rings is 1. The SMILES string of the molecule is COc1ccc2sc(C(=O)NC(C)C(C)C(=O)O)c(C)c2c1. The van der Waals surface area contributed by atoms with Crippen LogP contribution in [0.3, 0.4) is 0 Å². The Morgan fingerprint density at radius 3 is 2.59 bits per heavy atom. The minimum absolute atomic E-state index is 0.238. The van der Waals surface area contributed by atoms with E-state index < -0.39 is 17.9 Å². The maximum absolute atomic E-state index is 12.4.